The topological polar surface area (TPSA) is 55.4 Å². The molecule has 0 radical (unpaired) electrons. The molecule has 0 amide bonds. The molecule has 2 rings (SSSR count). The molecule has 0 saturated heterocycles. The molecule has 1 aromatic heterocycles. The zero-order valence-electron chi connectivity index (χ0n) is 12.0. The Hall–Kier alpha value is -0.800. The maximum Gasteiger partial charge on any atom is 0.250 e. The van der Waals surface area contributed by atoms with Gasteiger partial charge in [-0.25, -0.2) is 17.5 Å². The van der Waals surface area contributed by atoms with Crippen LogP contribution in [0.25, 0.3) is 0 Å². The Morgan fingerprint density at radius 3 is 2.55 bits per heavy atom. The molecule has 0 aliphatic heterocycles. The van der Waals surface area contributed by atoms with Crippen molar-refractivity contribution in [1.29, 1.82) is 0 Å². The first-order valence-corrected chi connectivity index (χ1v) is 9.43. The van der Waals surface area contributed by atoms with Crippen molar-refractivity contribution in [2.45, 2.75) is 16.7 Å². The van der Waals surface area contributed by atoms with Gasteiger partial charge in [0.25, 0.3) is 0 Å². The molecule has 0 spiro atoms. The largest absolute Gasteiger partial charge is 0.372 e. The lowest BCUT2D eigenvalue weighted by atomic mass is 9.95. The van der Waals surface area contributed by atoms with E-state index in [0.717, 1.165) is 15.1 Å². The van der Waals surface area contributed by atoms with Crippen molar-refractivity contribution in [3.05, 3.63) is 51.6 Å². The minimum Gasteiger partial charge on any atom is -0.372 e. The molecule has 1 unspecified atom stereocenters. The van der Waals surface area contributed by atoms with E-state index in [2.05, 4.69) is 20.7 Å². The van der Waals surface area contributed by atoms with Gasteiger partial charge in [0.2, 0.25) is 10.0 Å². The van der Waals surface area contributed by atoms with E-state index in [1.807, 2.05) is 0 Å². The van der Waals surface area contributed by atoms with Crippen molar-refractivity contribution in [3.63, 3.8) is 0 Å². The number of sulfonamides is 1. The van der Waals surface area contributed by atoms with Gasteiger partial charge in [-0.05, 0) is 41.1 Å². The van der Waals surface area contributed by atoms with Crippen LogP contribution in [0, 0.1) is 5.82 Å². The van der Waals surface area contributed by atoms with Crippen LogP contribution >= 0.6 is 27.3 Å². The van der Waals surface area contributed by atoms with Crippen LogP contribution < -0.4 is 4.72 Å². The molecule has 4 nitrogen and oxygen atoms in total. The predicted molar refractivity (Wildman–Crippen MR) is 88.0 cm³/mol. The minimum atomic E-state index is -3.67. The van der Waals surface area contributed by atoms with Crippen LogP contribution in [-0.4, -0.2) is 22.1 Å². The van der Waals surface area contributed by atoms with E-state index in [1.165, 1.54) is 19.2 Å². The molecule has 0 saturated carbocycles. The minimum absolute atomic E-state index is 0.0811. The second-order valence-corrected chi connectivity index (χ2v) is 9.25. The zero-order chi connectivity index (χ0) is 16.4. The first-order chi connectivity index (χ1) is 10.3. The maximum atomic E-state index is 14.0. The Bertz CT molecular complexity index is 763. The van der Waals surface area contributed by atoms with Crippen LogP contribution in [0.15, 0.2) is 44.4 Å². The van der Waals surface area contributed by atoms with Gasteiger partial charge in [-0.2, -0.15) is 0 Å². The first-order valence-electron chi connectivity index (χ1n) is 6.34. The Balaban J connectivity index is 2.23. The third kappa shape index (κ3) is 3.75. The van der Waals surface area contributed by atoms with Gasteiger partial charge in [0, 0.05) is 19.2 Å². The van der Waals surface area contributed by atoms with Crippen molar-refractivity contribution in [3.8, 4) is 0 Å². The van der Waals surface area contributed by atoms with Gasteiger partial charge in [-0.1, -0.05) is 18.2 Å². The third-order valence-electron chi connectivity index (χ3n) is 3.31. The Morgan fingerprint density at radius 2 is 2.00 bits per heavy atom. The van der Waals surface area contributed by atoms with Gasteiger partial charge >= 0.3 is 0 Å². The molecule has 1 atom stereocenters. The molecule has 0 aliphatic rings. The molecule has 1 aromatic carbocycles. The van der Waals surface area contributed by atoms with Crippen molar-refractivity contribution < 1.29 is 17.5 Å². The summed E-state index contributed by atoms with van der Waals surface area (Å²) in [7, 11) is -2.25. The molecule has 22 heavy (non-hydrogen) atoms. The number of thiophene rings is 1. The molecule has 120 valence electrons. The van der Waals surface area contributed by atoms with Crippen LogP contribution in [0.5, 0.6) is 0 Å². The van der Waals surface area contributed by atoms with E-state index in [4.69, 9.17) is 4.74 Å². The van der Waals surface area contributed by atoms with Crippen LogP contribution in [0.1, 0.15) is 12.5 Å². The first kappa shape index (κ1) is 17.6. The fourth-order valence-electron chi connectivity index (χ4n) is 1.91. The molecule has 0 aliphatic carbocycles. The second kappa shape index (κ2) is 6.76. The average molecular weight is 408 g/mol. The Morgan fingerprint density at radius 1 is 1.32 bits per heavy atom. The van der Waals surface area contributed by atoms with Gasteiger partial charge in [0.05, 0.1) is 3.79 Å². The number of methoxy groups -OCH3 is 1. The smallest absolute Gasteiger partial charge is 0.250 e. The summed E-state index contributed by atoms with van der Waals surface area (Å²) >= 11 is 4.33. The van der Waals surface area contributed by atoms with Crippen LogP contribution in [-0.2, 0) is 20.4 Å². The van der Waals surface area contributed by atoms with Crippen LogP contribution in [0.2, 0.25) is 0 Å². The predicted octanol–water partition coefficient (Wildman–Crippen LogP) is 3.49. The number of hydrogen-bond acceptors (Lipinski definition) is 4. The maximum absolute atomic E-state index is 14.0. The summed E-state index contributed by atoms with van der Waals surface area (Å²) in [5.74, 6) is -0.440. The summed E-state index contributed by atoms with van der Waals surface area (Å²) < 4.78 is 47.2. The standard InChI is InChI=1S/C14H15BrFNO3S2/c1-14(20-2,10-5-3-4-6-11(10)16)9-17-22(18,19)13-8-7-12(15)21-13/h3-8,17H,9H2,1-2H3. The van der Waals surface area contributed by atoms with Crippen molar-refractivity contribution in [1.82, 2.24) is 4.72 Å². The van der Waals surface area contributed by atoms with E-state index < -0.39 is 21.4 Å². The zero-order valence-corrected chi connectivity index (χ0v) is 15.2. The molecular weight excluding hydrogens is 393 g/mol. The molecule has 0 bridgehead atoms. The summed E-state index contributed by atoms with van der Waals surface area (Å²) in [5.41, 5.74) is -0.806. The third-order valence-corrected chi connectivity index (χ3v) is 6.82. The number of benzene rings is 1. The summed E-state index contributed by atoms with van der Waals surface area (Å²) in [6.07, 6.45) is 0. The molecule has 8 heteroatoms. The van der Waals surface area contributed by atoms with Gasteiger partial charge in [0.15, 0.2) is 0 Å². The second-order valence-electron chi connectivity index (χ2n) is 4.80. The lowest BCUT2D eigenvalue weighted by Gasteiger charge is -2.29. The summed E-state index contributed by atoms with van der Waals surface area (Å²) in [6.45, 7) is 1.56. The summed E-state index contributed by atoms with van der Waals surface area (Å²) in [4.78, 5) is 0. The van der Waals surface area contributed by atoms with E-state index >= 15 is 0 Å². The van der Waals surface area contributed by atoms with Gasteiger partial charge < -0.3 is 4.74 Å². The number of halogens is 2. The van der Waals surface area contributed by atoms with Crippen molar-refractivity contribution in [2.75, 3.05) is 13.7 Å². The number of rotatable bonds is 6. The highest BCUT2D eigenvalue weighted by atomic mass is 79.9. The highest BCUT2D eigenvalue weighted by molar-refractivity contribution is 9.11. The lowest BCUT2D eigenvalue weighted by molar-refractivity contribution is 0.00411. The van der Waals surface area contributed by atoms with Gasteiger partial charge in [-0.15, -0.1) is 11.3 Å². The van der Waals surface area contributed by atoms with Crippen LogP contribution in [0.3, 0.4) is 0 Å². The Kier molecular flexibility index (Phi) is 5.39. The lowest BCUT2D eigenvalue weighted by Crippen LogP contribution is -2.40. The number of nitrogens with one attached hydrogen (secondary N) is 1. The summed E-state index contributed by atoms with van der Waals surface area (Å²) in [5, 5.41) is 0. The molecule has 1 heterocycles. The monoisotopic (exact) mass is 407 g/mol. The fourth-order valence-corrected chi connectivity index (χ4v) is 5.09. The average Bonchev–Trinajstić information content (AvgIpc) is 2.93. The highest BCUT2D eigenvalue weighted by Crippen LogP contribution is 2.29. The van der Waals surface area contributed by atoms with E-state index in [-0.39, 0.29) is 10.8 Å². The van der Waals surface area contributed by atoms with E-state index in [1.54, 1.807) is 31.2 Å². The molecular formula is C14H15BrFNO3S2. The Labute approximate surface area is 141 Å². The van der Waals surface area contributed by atoms with Crippen molar-refractivity contribution >= 4 is 37.3 Å². The molecule has 1 N–H and O–H groups in total. The van der Waals surface area contributed by atoms with E-state index in [0.29, 0.717) is 5.56 Å². The normalized spacial score (nSPS) is 14.7. The van der Waals surface area contributed by atoms with Gasteiger partial charge in [0.1, 0.15) is 15.6 Å². The SMILES string of the molecule is COC(C)(CNS(=O)(=O)c1ccc(Br)s1)c1ccccc1F. The number of ether oxygens (including phenoxy) is 1. The fraction of sp³-hybridized carbons (Fsp3) is 0.286. The highest BCUT2D eigenvalue weighted by Gasteiger charge is 2.31. The van der Waals surface area contributed by atoms with Crippen LogP contribution in [0.4, 0.5) is 4.39 Å². The number of hydrogen-bond donors (Lipinski definition) is 1. The molecule has 0 fully saturated rings. The van der Waals surface area contributed by atoms with Gasteiger partial charge in [-0.3, -0.25) is 0 Å². The van der Waals surface area contributed by atoms with Crippen molar-refractivity contribution in [2.24, 2.45) is 0 Å². The summed E-state index contributed by atoms with van der Waals surface area (Å²) in [6, 6.07) is 9.31. The molecule has 2 aromatic rings. The van der Waals surface area contributed by atoms with E-state index in [9.17, 15) is 12.8 Å². The quantitative estimate of drug-likeness (QED) is 0.796.